The van der Waals surface area contributed by atoms with Crippen molar-refractivity contribution in [2.24, 2.45) is 5.92 Å². The third kappa shape index (κ3) is 9.68. The molecule has 5 heteroatoms. The largest absolute Gasteiger partial charge is 0.494 e. The fraction of sp³-hybridized carbons (Fsp3) is 0.480. The van der Waals surface area contributed by atoms with E-state index in [1.165, 1.54) is 25.7 Å². The van der Waals surface area contributed by atoms with Gasteiger partial charge in [-0.15, -0.1) is 0 Å². The van der Waals surface area contributed by atoms with Gasteiger partial charge in [-0.1, -0.05) is 58.6 Å². The molecule has 2 N–H and O–H groups in total. The molecule has 0 heterocycles. The van der Waals surface area contributed by atoms with Gasteiger partial charge in [0.2, 0.25) is 5.91 Å². The number of carbonyl (C=O) groups excluding carboxylic acids is 1. The Hall–Kier alpha value is -2.69. The number of ether oxygens (including phenoxy) is 2. The predicted molar refractivity (Wildman–Crippen MR) is 125 cm³/mol. The fourth-order valence-electron chi connectivity index (χ4n) is 2.91. The zero-order valence-electron chi connectivity index (χ0n) is 18.6. The lowest BCUT2D eigenvalue weighted by molar-refractivity contribution is -0.114. The molecule has 2 aromatic rings. The summed E-state index contributed by atoms with van der Waals surface area (Å²) < 4.78 is 11.5. The molecule has 0 unspecified atom stereocenters. The number of anilines is 2. The minimum atomic E-state index is -0.111. The Kier molecular flexibility index (Phi) is 10.6. The highest BCUT2D eigenvalue weighted by molar-refractivity contribution is 5.93. The first kappa shape index (κ1) is 23.6. The van der Waals surface area contributed by atoms with E-state index in [4.69, 9.17) is 9.47 Å². The van der Waals surface area contributed by atoms with Gasteiger partial charge in [-0.25, -0.2) is 0 Å². The lowest BCUT2D eigenvalue weighted by Crippen LogP contribution is -2.21. The van der Waals surface area contributed by atoms with Gasteiger partial charge in [0, 0.05) is 23.5 Å². The smallest absolute Gasteiger partial charge is 0.243 e. The zero-order valence-corrected chi connectivity index (χ0v) is 18.6. The summed E-state index contributed by atoms with van der Waals surface area (Å²) >= 11 is 0. The van der Waals surface area contributed by atoms with Gasteiger partial charge in [0.05, 0.1) is 19.8 Å². The van der Waals surface area contributed by atoms with Crippen molar-refractivity contribution in [1.82, 2.24) is 0 Å². The maximum atomic E-state index is 12.3. The van der Waals surface area contributed by atoms with Gasteiger partial charge in [0.15, 0.2) is 0 Å². The maximum absolute atomic E-state index is 12.3. The van der Waals surface area contributed by atoms with Crippen LogP contribution >= 0.6 is 0 Å². The summed E-state index contributed by atoms with van der Waals surface area (Å²) in [7, 11) is 0. The number of hydrogen-bond acceptors (Lipinski definition) is 4. The molecule has 1 amide bonds. The van der Waals surface area contributed by atoms with Crippen LogP contribution < -0.4 is 20.1 Å². The lowest BCUT2D eigenvalue weighted by Gasteiger charge is -2.12. The van der Waals surface area contributed by atoms with E-state index in [0.29, 0.717) is 19.1 Å². The van der Waals surface area contributed by atoms with Gasteiger partial charge in [-0.05, 0) is 36.6 Å². The quantitative estimate of drug-likeness (QED) is 0.367. The summed E-state index contributed by atoms with van der Waals surface area (Å²) in [6, 6.07) is 15.2. The minimum Gasteiger partial charge on any atom is -0.494 e. The van der Waals surface area contributed by atoms with E-state index in [2.05, 4.69) is 31.4 Å². The van der Waals surface area contributed by atoms with Gasteiger partial charge >= 0.3 is 0 Å². The molecule has 0 fully saturated rings. The zero-order chi connectivity index (χ0) is 21.6. The average molecular weight is 413 g/mol. The SMILES string of the molecule is CCCCCCCOc1cccc(NC(=O)CNc2cccc(OCC(C)C)c2)c1. The van der Waals surface area contributed by atoms with E-state index in [9.17, 15) is 4.79 Å². The van der Waals surface area contributed by atoms with Crippen LogP contribution in [0.1, 0.15) is 52.9 Å². The van der Waals surface area contributed by atoms with Crippen molar-refractivity contribution in [3.63, 3.8) is 0 Å². The van der Waals surface area contributed by atoms with Crippen molar-refractivity contribution in [2.45, 2.75) is 52.9 Å². The van der Waals surface area contributed by atoms with E-state index in [0.717, 1.165) is 29.3 Å². The first-order valence-electron chi connectivity index (χ1n) is 11.1. The standard InChI is InChI=1S/C25H36N2O3/c1-4-5-6-7-8-15-29-23-13-10-12-22(17-23)27-25(28)18-26-21-11-9-14-24(16-21)30-19-20(2)3/h9-14,16-17,20,26H,4-8,15,18-19H2,1-3H3,(H,27,28). The number of unbranched alkanes of at least 4 members (excludes halogenated alkanes) is 4. The molecular formula is C25H36N2O3. The van der Waals surface area contributed by atoms with Crippen molar-refractivity contribution in [3.05, 3.63) is 48.5 Å². The van der Waals surface area contributed by atoms with Crippen molar-refractivity contribution in [3.8, 4) is 11.5 Å². The number of amides is 1. The summed E-state index contributed by atoms with van der Waals surface area (Å²) in [6.45, 7) is 7.99. The Morgan fingerprint density at radius 3 is 2.30 bits per heavy atom. The highest BCUT2D eigenvalue weighted by Gasteiger charge is 2.05. The molecule has 0 bridgehead atoms. The molecule has 0 aliphatic carbocycles. The van der Waals surface area contributed by atoms with E-state index in [1.54, 1.807) is 0 Å². The van der Waals surface area contributed by atoms with E-state index in [1.807, 2.05) is 48.5 Å². The molecule has 0 saturated heterocycles. The molecule has 0 aliphatic rings. The Labute approximate surface area is 181 Å². The van der Waals surface area contributed by atoms with Crippen LogP contribution in [-0.2, 0) is 4.79 Å². The Bertz CT molecular complexity index is 762. The Morgan fingerprint density at radius 1 is 0.900 bits per heavy atom. The molecule has 0 aliphatic heterocycles. The van der Waals surface area contributed by atoms with E-state index in [-0.39, 0.29) is 12.5 Å². The molecule has 0 aromatic heterocycles. The molecule has 5 nitrogen and oxygen atoms in total. The van der Waals surface area contributed by atoms with Gasteiger partial charge in [0.1, 0.15) is 11.5 Å². The molecule has 0 radical (unpaired) electrons. The number of benzene rings is 2. The van der Waals surface area contributed by atoms with Crippen LogP contribution in [0.5, 0.6) is 11.5 Å². The third-order valence-electron chi connectivity index (χ3n) is 4.50. The van der Waals surface area contributed by atoms with Gasteiger partial charge in [-0.3, -0.25) is 4.79 Å². The van der Waals surface area contributed by atoms with Crippen LogP contribution in [0.3, 0.4) is 0 Å². The summed E-state index contributed by atoms with van der Waals surface area (Å²) in [4.78, 5) is 12.3. The molecule has 164 valence electrons. The second-order valence-electron chi connectivity index (χ2n) is 7.92. The molecule has 0 saturated carbocycles. The monoisotopic (exact) mass is 412 g/mol. The predicted octanol–water partition coefficient (Wildman–Crippen LogP) is 6.12. The van der Waals surface area contributed by atoms with Crippen LogP contribution in [0.15, 0.2) is 48.5 Å². The Morgan fingerprint density at radius 2 is 1.57 bits per heavy atom. The molecular weight excluding hydrogens is 376 g/mol. The van der Waals surface area contributed by atoms with Gasteiger partial charge in [-0.2, -0.15) is 0 Å². The molecule has 0 atom stereocenters. The third-order valence-corrected chi connectivity index (χ3v) is 4.50. The van der Waals surface area contributed by atoms with E-state index >= 15 is 0 Å². The summed E-state index contributed by atoms with van der Waals surface area (Å²) in [5.41, 5.74) is 1.59. The summed E-state index contributed by atoms with van der Waals surface area (Å²) in [6.07, 6.45) is 6.04. The van der Waals surface area contributed by atoms with Crippen LogP contribution in [0.25, 0.3) is 0 Å². The van der Waals surface area contributed by atoms with Crippen molar-refractivity contribution < 1.29 is 14.3 Å². The Balaban J connectivity index is 1.75. The second-order valence-corrected chi connectivity index (χ2v) is 7.92. The van der Waals surface area contributed by atoms with Crippen molar-refractivity contribution in [1.29, 1.82) is 0 Å². The van der Waals surface area contributed by atoms with Gasteiger partial charge < -0.3 is 20.1 Å². The highest BCUT2D eigenvalue weighted by Crippen LogP contribution is 2.19. The molecule has 30 heavy (non-hydrogen) atoms. The molecule has 2 aromatic carbocycles. The number of rotatable bonds is 14. The fourth-order valence-corrected chi connectivity index (χ4v) is 2.91. The van der Waals surface area contributed by atoms with Crippen LogP contribution in [0.2, 0.25) is 0 Å². The normalized spacial score (nSPS) is 10.7. The van der Waals surface area contributed by atoms with Crippen LogP contribution in [-0.4, -0.2) is 25.7 Å². The summed E-state index contributed by atoms with van der Waals surface area (Å²) in [5, 5.41) is 6.06. The lowest BCUT2D eigenvalue weighted by atomic mass is 10.2. The van der Waals surface area contributed by atoms with Crippen LogP contribution in [0, 0.1) is 5.92 Å². The van der Waals surface area contributed by atoms with Gasteiger partial charge in [0.25, 0.3) is 0 Å². The van der Waals surface area contributed by atoms with Crippen LogP contribution in [0.4, 0.5) is 11.4 Å². The molecule has 2 rings (SSSR count). The summed E-state index contributed by atoms with van der Waals surface area (Å²) in [5.74, 6) is 1.94. The molecule has 0 spiro atoms. The highest BCUT2D eigenvalue weighted by atomic mass is 16.5. The number of hydrogen-bond donors (Lipinski definition) is 2. The topological polar surface area (TPSA) is 59.6 Å². The van der Waals surface area contributed by atoms with E-state index < -0.39 is 0 Å². The number of carbonyl (C=O) groups is 1. The maximum Gasteiger partial charge on any atom is 0.243 e. The average Bonchev–Trinajstić information content (AvgIpc) is 2.74. The minimum absolute atomic E-state index is 0.111. The first-order valence-corrected chi connectivity index (χ1v) is 11.1. The first-order chi connectivity index (χ1) is 14.6. The second kappa shape index (κ2) is 13.5. The number of nitrogens with one attached hydrogen (secondary N) is 2. The van der Waals surface area contributed by atoms with Crippen molar-refractivity contribution >= 4 is 17.3 Å². The van der Waals surface area contributed by atoms with Crippen molar-refractivity contribution in [2.75, 3.05) is 30.4 Å².